The first-order valence-electron chi connectivity index (χ1n) is 12.2. The van der Waals surface area contributed by atoms with Crippen LogP contribution < -0.4 is 10.6 Å². The molecule has 9 nitrogen and oxygen atoms in total. The van der Waals surface area contributed by atoms with Crippen LogP contribution in [0.25, 0.3) is 28.5 Å². The number of anilines is 2. The number of aliphatic hydroxyl groups excluding tert-OH is 1. The summed E-state index contributed by atoms with van der Waals surface area (Å²) < 4.78 is 46.5. The maximum absolute atomic E-state index is 13.1. The number of imidazole rings is 1. The fraction of sp³-hybridized carbons (Fsp3) is 0.143. The molecule has 3 heterocycles. The van der Waals surface area contributed by atoms with Crippen LogP contribution in [0.1, 0.15) is 22.8 Å². The third kappa shape index (κ3) is 6.39. The minimum atomic E-state index is -4.55. The number of aromatic nitrogens is 4. The number of halogens is 4. The minimum absolute atomic E-state index is 0.0231. The number of carbonyl (C=O) groups is 1. The molecule has 1 atom stereocenters. The normalized spacial score (nSPS) is 12.2. The molecule has 0 aliphatic rings. The Morgan fingerprint density at radius 1 is 1.10 bits per heavy atom. The molecule has 13 heteroatoms. The number of nitrogens with zero attached hydrogens (tertiary/aromatic N) is 4. The lowest BCUT2D eigenvalue weighted by Crippen LogP contribution is -2.17. The highest BCUT2D eigenvalue weighted by atomic mass is 35.5. The van der Waals surface area contributed by atoms with Crippen molar-refractivity contribution in [3.63, 3.8) is 0 Å². The zero-order valence-electron chi connectivity index (χ0n) is 21.4. The summed E-state index contributed by atoms with van der Waals surface area (Å²) in [5.74, 6) is 1.03. The molecular formula is C28H22ClF3N6O3. The lowest BCUT2D eigenvalue weighted by molar-refractivity contribution is -0.137. The molecule has 0 aliphatic carbocycles. The van der Waals surface area contributed by atoms with Crippen LogP contribution in [0.2, 0.25) is 5.02 Å². The van der Waals surface area contributed by atoms with Gasteiger partial charge in [0.05, 0.1) is 22.3 Å². The van der Waals surface area contributed by atoms with E-state index in [0.29, 0.717) is 29.8 Å². The molecule has 5 aromatic rings. The lowest BCUT2D eigenvalue weighted by Gasteiger charge is -2.11. The Morgan fingerprint density at radius 2 is 1.88 bits per heavy atom. The number of aliphatic hydroxyl groups is 1. The standard InChI is InChI=1S/C28H22ClF3N6O3/c1-16(39)14-35-27-34-9-8-24(37-27)38-11-10-33-25(38)17-2-5-20(6-3-17)36-26(40)18-12-23(41-15-18)21-13-19(28(30,31)32)4-7-22(21)29/h2-13,15-16,39H,14H2,1H3,(H,36,40)(H,34,35,37)/t16-/m0/s1. The van der Waals surface area contributed by atoms with Crippen LogP contribution in [0.15, 0.2) is 83.9 Å². The molecule has 0 radical (unpaired) electrons. The summed E-state index contributed by atoms with van der Waals surface area (Å²) in [6.07, 6.45) is 1.01. The maximum atomic E-state index is 13.1. The predicted molar refractivity (Wildman–Crippen MR) is 147 cm³/mol. The third-order valence-corrected chi connectivity index (χ3v) is 6.24. The van der Waals surface area contributed by atoms with Crippen molar-refractivity contribution in [2.45, 2.75) is 19.2 Å². The second-order valence-electron chi connectivity index (χ2n) is 9.01. The van der Waals surface area contributed by atoms with Crippen LogP contribution in [0.4, 0.5) is 24.8 Å². The quantitative estimate of drug-likeness (QED) is 0.196. The Hall–Kier alpha value is -4.68. The Labute approximate surface area is 236 Å². The molecule has 210 valence electrons. The highest BCUT2D eigenvalue weighted by Gasteiger charge is 2.31. The Bertz CT molecular complexity index is 1680. The largest absolute Gasteiger partial charge is 0.463 e. The van der Waals surface area contributed by atoms with Crippen LogP contribution in [0, 0.1) is 0 Å². The fourth-order valence-electron chi connectivity index (χ4n) is 3.90. The molecule has 1 amide bonds. The average molecular weight is 583 g/mol. The lowest BCUT2D eigenvalue weighted by atomic mass is 10.1. The molecular weight excluding hydrogens is 561 g/mol. The van der Waals surface area contributed by atoms with Gasteiger partial charge in [-0.2, -0.15) is 18.2 Å². The topological polar surface area (TPSA) is 118 Å². The van der Waals surface area contributed by atoms with E-state index in [2.05, 4.69) is 25.6 Å². The molecule has 0 unspecified atom stereocenters. The molecule has 0 saturated carbocycles. The average Bonchev–Trinajstić information content (AvgIpc) is 3.63. The number of rotatable bonds is 8. The summed E-state index contributed by atoms with van der Waals surface area (Å²) in [4.78, 5) is 25.9. The first-order valence-corrected chi connectivity index (χ1v) is 12.6. The zero-order chi connectivity index (χ0) is 29.1. The summed E-state index contributed by atoms with van der Waals surface area (Å²) in [5, 5.41) is 15.2. The highest BCUT2D eigenvalue weighted by Crippen LogP contribution is 2.36. The van der Waals surface area contributed by atoms with E-state index in [1.165, 1.54) is 6.07 Å². The monoisotopic (exact) mass is 582 g/mol. The first kappa shape index (κ1) is 27.9. The third-order valence-electron chi connectivity index (χ3n) is 5.91. The molecule has 0 saturated heterocycles. The van der Waals surface area contributed by atoms with Gasteiger partial charge >= 0.3 is 6.18 Å². The van der Waals surface area contributed by atoms with E-state index in [4.69, 9.17) is 16.0 Å². The van der Waals surface area contributed by atoms with Gasteiger partial charge in [0.25, 0.3) is 5.91 Å². The molecule has 41 heavy (non-hydrogen) atoms. The number of carbonyl (C=O) groups excluding carboxylic acids is 1. The van der Waals surface area contributed by atoms with E-state index in [-0.39, 0.29) is 21.9 Å². The summed E-state index contributed by atoms with van der Waals surface area (Å²) in [5.41, 5.74) is 0.471. The summed E-state index contributed by atoms with van der Waals surface area (Å²) >= 11 is 6.09. The Balaban J connectivity index is 1.30. The number of amides is 1. The van der Waals surface area contributed by atoms with E-state index in [0.717, 1.165) is 30.0 Å². The number of hydrogen-bond donors (Lipinski definition) is 3. The Morgan fingerprint density at radius 3 is 2.61 bits per heavy atom. The van der Waals surface area contributed by atoms with Gasteiger partial charge in [-0.1, -0.05) is 11.6 Å². The number of hydrogen-bond acceptors (Lipinski definition) is 7. The van der Waals surface area contributed by atoms with Crippen molar-refractivity contribution in [1.82, 2.24) is 19.5 Å². The van der Waals surface area contributed by atoms with Gasteiger partial charge in [-0.3, -0.25) is 9.36 Å². The van der Waals surface area contributed by atoms with Crippen LogP contribution in [0.3, 0.4) is 0 Å². The van der Waals surface area contributed by atoms with Crippen LogP contribution in [-0.2, 0) is 6.18 Å². The number of furan rings is 1. The molecule has 0 fully saturated rings. The van der Waals surface area contributed by atoms with Crippen molar-refractivity contribution in [1.29, 1.82) is 0 Å². The number of nitrogens with one attached hydrogen (secondary N) is 2. The molecule has 5 rings (SSSR count). The van der Waals surface area contributed by atoms with Gasteiger partial charge in [0.15, 0.2) is 0 Å². The van der Waals surface area contributed by atoms with E-state index in [1.807, 2.05) is 0 Å². The van der Waals surface area contributed by atoms with Crippen molar-refractivity contribution in [3.05, 3.63) is 95.6 Å². The van der Waals surface area contributed by atoms with Crippen molar-refractivity contribution in [2.24, 2.45) is 0 Å². The molecule has 0 bridgehead atoms. The molecule has 2 aromatic carbocycles. The van der Waals surface area contributed by atoms with Gasteiger partial charge in [0, 0.05) is 41.9 Å². The molecule has 3 N–H and O–H groups in total. The van der Waals surface area contributed by atoms with Gasteiger partial charge in [0.1, 0.15) is 23.7 Å². The molecule has 0 aliphatic heterocycles. The van der Waals surface area contributed by atoms with Crippen LogP contribution in [0.5, 0.6) is 0 Å². The van der Waals surface area contributed by atoms with Crippen molar-refractivity contribution in [2.75, 3.05) is 17.2 Å². The predicted octanol–water partition coefficient (Wildman–Crippen LogP) is 6.31. The van der Waals surface area contributed by atoms with Crippen molar-refractivity contribution >= 4 is 29.1 Å². The second-order valence-corrected chi connectivity index (χ2v) is 9.42. The van der Waals surface area contributed by atoms with E-state index in [1.54, 1.807) is 60.4 Å². The highest BCUT2D eigenvalue weighted by molar-refractivity contribution is 6.33. The van der Waals surface area contributed by atoms with Gasteiger partial charge in [-0.25, -0.2) is 9.97 Å². The van der Waals surface area contributed by atoms with E-state index >= 15 is 0 Å². The zero-order valence-corrected chi connectivity index (χ0v) is 22.1. The fourth-order valence-corrected chi connectivity index (χ4v) is 4.11. The summed E-state index contributed by atoms with van der Waals surface area (Å²) in [6.45, 7) is 1.95. The minimum Gasteiger partial charge on any atom is -0.463 e. The summed E-state index contributed by atoms with van der Waals surface area (Å²) in [7, 11) is 0. The number of alkyl halides is 3. The smallest absolute Gasteiger partial charge is 0.416 e. The van der Waals surface area contributed by atoms with E-state index < -0.39 is 23.8 Å². The second kappa shape index (κ2) is 11.4. The van der Waals surface area contributed by atoms with Gasteiger partial charge in [-0.05, 0) is 61.5 Å². The molecule has 0 spiro atoms. The summed E-state index contributed by atoms with van der Waals surface area (Å²) in [6, 6.07) is 12.8. The van der Waals surface area contributed by atoms with Crippen LogP contribution >= 0.6 is 11.6 Å². The number of benzene rings is 2. The molecule has 3 aromatic heterocycles. The Kier molecular flexibility index (Phi) is 7.77. The first-order chi connectivity index (χ1) is 19.6. The van der Waals surface area contributed by atoms with Crippen molar-refractivity contribution in [3.8, 4) is 28.5 Å². The van der Waals surface area contributed by atoms with Crippen molar-refractivity contribution < 1.29 is 27.5 Å². The van der Waals surface area contributed by atoms with Crippen LogP contribution in [-0.4, -0.2) is 43.2 Å². The van der Waals surface area contributed by atoms with Gasteiger partial charge in [0.2, 0.25) is 5.95 Å². The maximum Gasteiger partial charge on any atom is 0.416 e. The van der Waals surface area contributed by atoms with Gasteiger partial charge in [-0.15, -0.1) is 0 Å². The SMILES string of the molecule is C[C@H](O)CNc1nccc(-n2ccnc2-c2ccc(NC(=O)c3coc(-c4cc(C(F)(F)F)ccc4Cl)c3)cc2)n1. The van der Waals surface area contributed by atoms with Gasteiger partial charge < -0.3 is 20.2 Å². The van der Waals surface area contributed by atoms with E-state index in [9.17, 15) is 23.1 Å².